The van der Waals surface area contributed by atoms with Gasteiger partial charge in [0.15, 0.2) is 5.65 Å². The van der Waals surface area contributed by atoms with E-state index >= 15 is 0 Å². The molecular formula is C16H12N6O2S. The van der Waals surface area contributed by atoms with Crippen LogP contribution < -0.4 is 5.14 Å². The lowest BCUT2D eigenvalue weighted by atomic mass is 10.1. The van der Waals surface area contributed by atoms with Gasteiger partial charge >= 0.3 is 0 Å². The Morgan fingerprint density at radius 3 is 2.64 bits per heavy atom. The Kier molecular flexibility index (Phi) is 3.52. The summed E-state index contributed by atoms with van der Waals surface area (Å²) in [6.45, 7) is 0. The van der Waals surface area contributed by atoms with Crippen molar-refractivity contribution in [1.29, 1.82) is 0 Å². The largest absolute Gasteiger partial charge is 0.264 e. The van der Waals surface area contributed by atoms with Crippen LogP contribution in [-0.2, 0) is 10.0 Å². The third-order valence-corrected chi connectivity index (χ3v) is 4.64. The normalized spacial score (nSPS) is 11.7. The van der Waals surface area contributed by atoms with Crippen molar-refractivity contribution in [3.8, 4) is 16.8 Å². The van der Waals surface area contributed by atoms with E-state index in [1.165, 1.54) is 12.4 Å². The molecule has 0 unspecified atom stereocenters. The maximum atomic E-state index is 12.1. The lowest BCUT2D eigenvalue weighted by molar-refractivity contribution is 0.598. The first kappa shape index (κ1) is 15.4. The summed E-state index contributed by atoms with van der Waals surface area (Å²) < 4.78 is 25.7. The van der Waals surface area contributed by atoms with E-state index in [0.717, 1.165) is 5.39 Å². The monoisotopic (exact) mass is 352 g/mol. The number of nitrogens with two attached hydrogens (primary N) is 1. The summed E-state index contributed by atoms with van der Waals surface area (Å²) in [4.78, 5) is 12.1. The summed E-state index contributed by atoms with van der Waals surface area (Å²) >= 11 is 0. The van der Waals surface area contributed by atoms with Gasteiger partial charge in [0.1, 0.15) is 6.33 Å². The molecule has 0 amide bonds. The molecule has 0 fully saturated rings. The average molecular weight is 352 g/mol. The van der Waals surface area contributed by atoms with Gasteiger partial charge in [0.2, 0.25) is 10.0 Å². The van der Waals surface area contributed by atoms with Gasteiger partial charge in [-0.3, -0.25) is 4.98 Å². The predicted molar refractivity (Wildman–Crippen MR) is 91.3 cm³/mol. The van der Waals surface area contributed by atoms with E-state index in [1.807, 2.05) is 0 Å². The van der Waals surface area contributed by atoms with Crippen LogP contribution in [0.2, 0.25) is 0 Å². The topological polar surface area (TPSA) is 117 Å². The highest BCUT2D eigenvalue weighted by Crippen LogP contribution is 2.32. The fraction of sp³-hybridized carbons (Fsp3) is 0. The third kappa shape index (κ3) is 2.75. The van der Waals surface area contributed by atoms with Crippen LogP contribution in [0.5, 0.6) is 0 Å². The van der Waals surface area contributed by atoms with Crippen LogP contribution in [0.15, 0.2) is 66.3 Å². The number of benzene rings is 1. The maximum absolute atomic E-state index is 12.1. The number of hydrogen-bond acceptors (Lipinski definition) is 6. The van der Waals surface area contributed by atoms with E-state index in [9.17, 15) is 8.42 Å². The lowest BCUT2D eigenvalue weighted by Gasteiger charge is -2.13. The Morgan fingerprint density at radius 1 is 1.04 bits per heavy atom. The predicted octanol–water partition coefficient (Wildman–Crippen LogP) is 1.52. The molecule has 0 saturated carbocycles. The van der Waals surface area contributed by atoms with Crippen LogP contribution in [0.4, 0.5) is 0 Å². The Hall–Kier alpha value is -3.17. The Morgan fingerprint density at radius 2 is 1.92 bits per heavy atom. The molecule has 0 saturated heterocycles. The van der Waals surface area contributed by atoms with Crippen molar-refractivity contribution < 1.29 is 8.42 Å². The van der Waals surface area contributed by atoms with Crippen LogP contribution in [0.1, 0.15) is 0 Å². The molecular weight excluding hydrogens is 340 g/mol. The lowest BCUT2D eigenvalue weighted by Crippen LogP contribution is -2.15. The quantitative estimate of drug-likeness (QED) is 0.597. The van der Waals surface area contributed by atoms with Crippen LogP contribution in [0.3, 0.4) is 0 Å². The van der Waals surface area contributed by atoms with E-state index < -0.39 is 10.0 Å². The van der Waals surface area contributed by atoms with E-state index in [-0.39, 0.29) is 4.90 Å². The molecule has 0 atom stereocenters. The molecule has 9 heteroatoms. The molecule has 1 aromatic carbocycles. The number of fused-ring (bicyclic) bond motifs is 1. The van der Waals surface area contributed by atoms with Crippen molar-refractivity contribution >= 4 is 21.1 Å². The van der Waals surface area contributed by atoms with Gasteiger partial charge in [0.05, 0.1) is 16.0 Å². The van der Waals surface area contributed by atoms with E-state index in [4.69, 9.17) is 5.14 Å². The number of aromatic nitrogens is 5. The molecule has 2 N–H and O–H groups in total. The fourth-order valence-electron chi connectivity index (χ4n) is 2.64. The molecule has 0 spiro atoms. The molecule has 0 aliphatic carbocycles. The second-order valence-corrected chi connectivity index (χ2v) is 6.84. The van der Waals surface area contributed by atoms with Crippen LogP contribution in [0.25, 0.3) is 27.8 Å². The molecule has 4 rings (SSSR count). The zero-order valence-electron chi connectivity index (χ0n) is 12.8. The van der Waals surface area contributed by atoms with Gasteiger partial charge < -0.3 is 0 Å². The van der Waals surface area contributed by atoms with Crippen molar-refractivity contribution in [3.05, 3.63) is 61.4 Å². The van der Waals surface area contributed by atoms with Gasteiger partial charge in [-0.25, -0.2) is 28.2 Å². The first-order chi connectivity index (χ1) is 12.0. The van der Waals surface area contributed by atoms with Crippen LogP contribution in [0, 0.1) is 0 Å². The van der Waals surface area contributed by atoms with Crippen LogP contribution >= 0.6 is 0 Å². The van der Waals surface area contributed by atoms with Crippen LogP contribution in [-0.4, -0.2) is 33.2 Å². The first-order valence-corrected chi connectivity index (χ1v) is 8.80. The molecule has 3 aromatic heterocycles. The van der Waals surface area contributed by atoms with Gasteiger partial charge in [-0.1, -0.05) is 12.1 Å². The van der Waals surface area contributed by atoms with E-state index in [1.54, 1.807) is 53.7 Å². The number of primary sulfonamides is 1. The van der Waals surface area contributed by atoms with Crippen molar-refractivity contribution in [2.75, 3.05) is 0 Å². The average Bonchev–Trinajstić information content (AvgIpc) is 3.05. The Bertz CT molecular complexity index is 1140. The van der Waals surface area contributed by atoms with Crippen molar-refractivity contribution in [2.24, 2.45) is 5.14 Å². The first-order valence-electron chi connectivity index (χ1n) is 7.26. The summed E-state index contributed by atoms with van der Waals surface area (Å²) in [5, 5.41) is 10.6. The SMILES string of the molecule is NS(=O)(=O)c1cccc(-n2cc3cncnc3n2)c1-c1cccnc1. The Balaban J connectivity index is 2.06. The zero-order valence-corrected chi connectivity index (χ0v) is 13.6. The Labute approximate surface area is 143 Å². The van der Waals surface area contributed by atoms with Gasteiger partial charge in [0.25, 0.3) is 0 Å². The number of hydrogen-bond donors (Lipinski definition) is 1. The highest BCUT2D eigenvalue weighted by atomic mass is 32.2. The summed E-state index contributed by atoms with van der Waals surface area (Å²) in [5.41, 5.74) is 2.11. The fourth-order valence-corrected chi connectivity index (χ4v) is 3.42. The number of sulfonamides is 1. The molecule has 8 nitrogen and oxygen atoms in total. The minimum Gasteiger partial charge on any atom is -0.264 e. The number of pyridine rings is 1. The molecule has 3 heterocycles. The second-order valence-electron chi connectivity index (χ2n) is 5.31. The van der Waals surface area contributed by atoms with Gasteiger partial charge in [-0.05, 0) is 18.2 Å². The molecule has 0 radical (unpaired) electrons. The summed E-state index contributed by atoms with van der Waals surface area (Å²) in [7, 11) is -3.94. The van der Waals surface area contributed by atoms with Gasteiger partial charge in [0, 0.05) is 35.9 Å². The van der Waals surface area contributed by atoms with Gasteiger partial charge in [-0.15, -0.1) is 5.10 Å². The number of rotatable bonds is 3. The van der Waals surface area contributed by atoms with Crippen molar-refractivity contribution in [3.63, 3.8) is 0 Å². The molecule has 0 bridgehead atoms. The minimum atomic E-state index is -3.94. The highest BCUT2D eigenvalue weighted by Gasteiger charge is 2.20. The number of nitrogens with zero attached hydrogens (tertiary/aromatic N) is 5. The second kappa shape index (κ2) is 5.72. The summed E-state index contributed by atoms with van der Waals surface area (Å²) in [5.74, 6) is 0. The smallest absolute Gasteiger partial charge is 0.238 e. The van der Waals surface area contributed by atoms with Gasteiger partial charge in [-0.2, -0.15) is 0 Å². The van der Waals surface area contributed by atoms with Crippen molar-refractivity contribution in [2.45, 2.75) is 4.90 Å². The molecule has 0 aliphatic rings. The molecule has 124 valence electrons. The van der Waals surface area contributed by atoms with E-state index in [0.29, 0.717) is 22.5 Å². The molecule has 0 aliphatic heterocycles. The minimum absolute atomic E-state index is 0.00337. The highest BCUT2D eigenvalue weighted by molar-refractivity contribution is 7.89. The third-order valence-electron chi connectivity index (χ3n) is 3.69. The zero-order chi connectivity index (χ0) is 17.4. The maximum Gasteiger partial charge on any atom is 0.238 e. The molecule has 4 aromatic rings. The summed E-state index contributed by atoms with van der Waals surface area (Å²) in [6.07, 6.45) is 7.97. The summed E-state index contributed by atoms with van der Waals surface area (Å²) in [6, 6.07) is 8.33. The standard InChI is InChI=1S/C16H12N6O2S/c17-25(23,24)14-5-1-4-13(15(14)11-3-2-6-18-7-11)22-9-12-8-19-10-20-16(12)21-22/h1-10H,(H2,17,23,24). The van der Waals surface area contributed by atoms with E-state index in [2.05, 4.69) is 20.1 Å². The molecule has 25 heavy (non-hydrogen) atoms. The van der Waals surface area contributed by atoms with Crippen molar-refractivity contribution in [1.82, 2.24) is 24.7 Å².